The van der Waals surface area contributed by atoms with Crippen LogP contribution >= 0.6 is 11.3 Å². The lowest BCUT2D eigenvalue weighted by Crippen LogP contribution is -2.16. The lowest BCUT2D eigenvalue weighted by Gasteiger charge is -2.10. The molecule has 0 aliphatic heterocycles. The number of aromatic nitrogens is 1. The number of rotatable bonds is 6. The first-order chi connectivity index (χ1) is 12.0. The van der Waals surface area contributed by atoms with E-state index in [1.165, 1.54) is 4.70 Å². The standard InChI is InChI=1S/C19H19N3O2S/c1-12-13(19(20)24)6-4-8-14(12)21-17(23)10-5-11-18-22-15-7-2-3-9-16(15)25-18/h2-4,6-9H,5,10-11H2,1H3,(H2,20,24)(H,21,23). The normalized spacial score (nSPS) is 10.8. The fourth-order valence-corrected chi connectivity index (χ4v) is 3.69. The summed E-state index contributed by atoms with van der Waals surface area (Å²) in [5.74, 6) is -0.574. The average Bonchev–Trinajstić information content (AvgIpc) is 2.99. The van der Waals surface area contributed by atoms with Gasteiger partial charge in [0.05, 0.1) is 15.2 Å². The van der Waals surface area contributed by atoms with Gasteiger partial charge in [-0.1, -0.05) is 18.2 Å². The number of nitrogens with one attached hydrogen (secondary N) is 1. The second kappa shape index (κ2) is 7.44. The van der Waals surface area contributed by atoms with Crippen LogP contribution in [0.2, 0.25) is 0 Å². The second-order valence-electron chi connectivity index (χ2n) is 5.82. The summed E-state index contributed by atoms with van der Waals surface area (Å²) >= 11 is 1.67. The van der Waals surface area contributed by atoms with Crippen molar-refractivity contribution in [3.63, 3.8) is 0 Å². The van der Waals surface area contributed by atoms with E-state index < -0.39 is 5.91 Å². The minimum Gasteiger partial charge on any atom is -0.366 e. The Morgan fingerprint density at radius 3 is 2.72 bits per heavy atom. The summed E-state index contributed by atoms with van der Waals surface area (Å²) in [5, 5.41) is 3.90. The Morgan fingerprint density at radius 1 is 1.16 bits per heavy atom. The molecular weight excluding hydrogens is 334 g/mol. The smallest absolute Gasteiger partial charge is 0.249 e. The maximum Gasteiger partial charge on any atom is 0.249 e. The van der Waals surface area contributed by atoms with E-state index in [4.69, 9.17) is 5.73 Å². The van der Waals surface area contributed by atoms with Gasteiger partial charge in [0.15, 0.2) is 0 Å². The van der Waals surface area contributed by atoms with Crippen LogP contribution < -0.4 is 11.1 Å². The molecule has 1 heterocycles. The summed E-state index contributed by atoms with van der Waals surface area (Å²) in [6, 6.07) is 13.2. The fraction of sp³-hybridized carbons (Fsp3) is 0.211. The molecule has 0 saturated carbocycles. The van der Waals surface area contributed by atoms with Crippen LogP contribution in [0, 0.1) is 6.92 Å². The molecule has 1 aromatic heterocycles. The number of anilines is 1. The number of nitrogens with zero attached hydrogens (tertiary/aromatic N) is 1. The second-order valence-corrected chi connectivity index (χ2v) is 6.93. The fourth-order valence-electron chi connectivity index (χ4n) is 2.68. The summed E-state index contributed by atoms with van der Waals surface area (Å²) < 4.78 is 1.17. The van der Waals surface area contributed by atoms with Crippen LogP contribution in [0.25, 0.3) is 10.2 Å². The number of hydrogen-bond donors (Lipinski definition) is 2. The Bertz CT molecular complexity index is 900. The minimum absolute atomic E-state index is 0.0779. The Balaban J connectivity index is 1.56. The molecule has 0 fully saturated rings. The lowest BCUT2D eigenvalue weighted by molar-refractivity contribution is -0.116. The predicted molar refractivity (Wildman–Crippen MR) is 101 cm³/mol. The van der Waals surface area contributed by atoms with Crippen LogP contribution in [-0.4, -0.2) is 16.8 Å². The highest BCUT2D eigenvalue weighted by Gasteiger charge is 2.11. The van der Waals surface area contributed by atoms with Gasteiger partial charge in [-0.25, -0.2) is 4.98 Å². The van der Waals surface area contributed by atoms with E-state index >= 15 is 0 Å². The Morgan fingerprint density at radius 2 is 1.96 bits per heavy atom. The molecule has 0 unspecified atom stereocenters. The summed E-state index contributed by atoms with van der Waals surface area (Å²) in [6.07, 6.45) is 1.89. The van der Waals surface area contributed by atoms with Gasteiger partial charge in [-0.15, -0.1) is 11.3 Å². The van der Waals surface area contributed by atoms with Crippen molar-refractivity contribution in [2.45, 2.75) is 26.2 Å². The molecule has 6 heteroatoms. The Labute approximate surface area is 149 Å². The Hall–Kier alpha value is -2.73. The first-order valence-corrected chi connectivity index (χ1v) is 8.90. The van der Waals surface area contributed by atoms with Crippen molar-refractivity contribution in [1.29, 1.82) is 0 Å². The van der Waals surface area contributed by atoms with Crippen molar-refractivity contribution < 1.29 is 9.59 Å². The SMILES string of the molecule is Cc1c(NC(=O)CCCc2nc3ccccc3s2)cccc1C(N)=O. The van der Waals surface area contributed by atoms with Gasteiger partial charge in [-0.3, -0.25) is 9.59 Å². The van der Waals surface area contributed by atoms with Gasteiger partial charge < -0.3 is 11.1 Å². The minimum atomic E-state index is -0.496. The molecule has 0 spiro atoms. The molecule has 5 nitrogen and oxygen atoms in total. The maximum atomic E-state index is 12.2. The van der Waals surface area contributed by atoms with Gasteiger partial charge in [0, 0.05) is 17.7 Å². The number of carbonyl (C=O) groups excluding carboxylic acids is 2. The van der Waals surface area contributed by atoms with Gasteiger partial charge in [0.1, 0.15) is 0 Å². The van der Waals surface area contributed by atoms with Gasteiger partial charge >= 0.3 is 0 Å². The van der Waals surface area contributed by atoms with Crippen LogP contribution in [0.5, 0.6) is 0 Å². The van der Waals surface area contributed by atoms with Crippen molar-refractivity contribution >= 4 is 39.1 Å². The van der Waals surface area contributed by atoms with Crippen LogP contribution in [-0.2, 0) is 11.2 Å². The molecular formula is C19H19N3O2S. The lowest BCUT2D eigenvalue weighted by atomic mass is 10.1. The number of nitrogens with two attached hydrogens (primary N) is 1. The number of fused-ring (bicyclic) bond motifs is 1. The number of hydrogen-bond acceptors (Lipinski definition) is 4. The average molecular weight is 353 g/mol. The number of amides is 2. The number of para-hydroxylation sites is 1. The number of primary amides is 1. The van der Waals surface area contributed by atoms with Crippen molar-refractivity contribution in [2.75, 3.05) is 5.32 Å². The molecule has 2 amide bonds. The van der Waals surface area contributed by atoms with Gasteiger partial charge in [-0.2, -0.15) is 0 Å². The molecule has 0 radical (unpaired) electrons. The van der Waals surface area contributed by atoms with Gasteiger partial charge in [0.2, 0.25) is 11.8 Å². The molecule has 0 aliphatic rings. The van der Waals surface area contributed by atoms with Crippen LogP contribution in [0.15, 0.2) is 42.5 Å². The molecule has 0 saturated heterocycles. The molecule has 0 atom stereocenters. The highest BCUT2D eigenvalue weighted by molar-refractivity contribution is 7.18. The zero-order chi connectivity index (χ0) is 17.8. The van der Waals surface area contributed by atoms with E-state index in [0.29, 0.717) is 23.2 Å². The topological polar surface area (TPSA) is 85.1 Å². The molecule has 3 rings (SSSR count). The molecule has 3 N–H and O–H groups in total. The van der Waals surface area contributed by atoms with E-state index in [9.17, 15) is 9.59 Å². The third-order valence-electron chi connectivity index (χ3n) is 4.01. The number of carbonyl (C=O) groups is 2. The molecule has 0 bridgehead atoms. The number of aryl methyl sites for hydroxylation is 1. The predicted octanol–water partition coefficient (Wildman–Crippen LogP) is 3.67. The van der Waals surface area contributed by atoms with E-state index in [1.54, 1.807) is 36.5 Å². The number of thiazole rings is 1. The first kappa shape index (κ1) is 17.1. The van der Waals surface area contributed by atoms with Crippen LogP contribution in [0.4, 0.5) is 5.69 Å². The van der Waals surface area contributed by atoms with Crippen LogP contribution in [0.3, 0.4) is 0 Å². The molecule has 128 valence electrons. The third-order valence-corrected chi connectivity index (χ3v) is 5.10. The zero-order valence-corrected chi connectivity index (χ0v) is 14.7. The molecule has 3 aromatic rings. The summed E-state index contributed by atoms with van der Waals surface area (Å²) in [6.45, 7) is 1.77. The van der Waals surface area contributed by atoms with Crippen LogP contribution in [0.1, 0.15) is 33.8 Å². The maximum absolute atomic E-state index is 12.2. The van der Waals surface area contributed by atoms with Gasteiger partial charge in [-0.05, 0) is 49.6 Å². The van der Waals surface area contributed by atoms with E-state index in [2.05, 4.69) is 16.4 Å². The van der Waals surface area contributed by atoms with Gasteiger partial charge in [0.25, 0.3) is 0 Å². The number of benzene rings is 2. The van der Waals surface area contributed by atoms with Crippen molar-refractivity contribution in [3.05, 3.63) is 58.6 Å². The van der Waals surface area contributed by atoms with Crippen molar-refractivity contribution in [3.8, 4) is 0 Å². The van der Waals surface area contributed by atoms with Crippen molar-refractivity contribution in [2.24, 2.45) is 5.73 Å². The largest absolute Gasteiger partial charge is 0.366 e. The Kier molecular flexibility index (Phi) is 5.09. The monoisotopic (exact) mass is 353 g/mol. The van der Waals surface area contributed by atoms with E-state index in [0.717, 1.165) is 23.4 Å². The summed E-state index contributed by atoms with van der Waals surface area (Å²) in [4.78, 5) is 28.1. The highest BCUT2D eigenvalue weighted by atomic mass is 32.1. The summed E-state index contributed by atoms with van der Waals surface area (Å²) in [5.41, 5.74) is 8.08. The third kappa shape index (κ3) is 4.03. The van der Waals surface area contributed by atoms with E-state index in [-0.39, 0.29) is 5.91 Å². The first-order valence-electron chi connectivity index (χ1n) is 8.08. The molecule has 0 aliphatic carbocycles. The highest BCUT2D eigenvalue weighted by Crippen LogP contribution is 2.23. The van der Waals surface area contributed by atoms with Crippen molar-refractivity contribution in [1.82, 2.24) is 4.98 Å². The van der Waals surface area contributed by atoms with E-state index in [1.807, 2.05) is 18.2 Å². The molecule has 25 heavy (non-hydrogen) atoms. The zero-order valence-electron chi connectivity index (χ0n) is 13.9. The quantitative estimate of drug-likeness (QED) is 0.709. The molecule has 2 aromatic carbocycles. The summed E-state index contributed by atoms with van der Waals surface area (Å²) in [7, 11) is 0.